The molecular weight excluding hydrogens is 278 g/mol. The molecule has 0 atom stereocenters. The fraction of sp³-hybridized carbons (Fsp3) is 0.727. The molecule has 0 radical (unpaired) electrons. The van der Waals surface area contributed by atoms with Gasteiger partial charge in [-0.05, 0) is 56.3 Å². The van der Waals surface area contributed by atoms with Gasteiger partial charge in [-0.1, -0.05) is 76.1 Å². The summed E-state index contributed by atoms with van der Waals surface area (Å²) < 4.78 is 0. The number of aryl methyl sites for hydroxylation is 1. The van der Waals surface area contributed by atoms with Crippen molar-refractivity contribution in [1.29, 1.82) is 0 Å². The maximum Gasteiger partial charge on any atom is 0.00218 e. The second-order valence-electron chi connectivity index (χ2n) is 7.34. The van der Waals surface area contributed by atoms with Crippen LogP contribution in [0.25, 0.3) is 0 Å². The van der Waals surface area contributed by atoms with Crippen molar-refractivity contribution in [3.05, 3.63) is 35.4 Å². The summed E-state index contributed by atoms with van der Waals surface area (Å²) in [7, 11) is 0. The number of benzene rings is 1. The van der Waals surface area contributed by atoms with Crippen molar-refractivity contribution >= 4 is 0 Å². The van der Waals surface area contributed by atoms with Crippen LogP contribution in [-0.4, -0.2) is 24.5 Å². The Morgan fingerprint density at radius 2 is 1.26 bits per heavy atom. The summed E-state index contributed by atoms with van der Waals surface area (Å²) >= 11 is 0. The van der Waals surface area contributed by atoms with Crippen LogP contribution in [-0.2, 0) is 12.8 Å². The molecule has 1 aromatic carbocycles. The maximum atomic E-state index is 2.66. The van der Waals surface area contributed by atoms with Gasteiger partial charge in [0.15, 0.2) is 0 Å². The minimum Gasteiger partial charge on any atom is -0.303 e. The maximum absolute atomic E-state index is 2.66. The minimum absolute atomic E-state index is 1.22. The van der Waals surface area contributed by atoms with E-state index in [2.05, 4.69) is 36.1 Å². The third-order valence-corrected chi connectivity index (χ3v) is 5.26. The van der Waals surface area contributed by atoms with Crippen LogP contribution < -0.4 is 0 Å². The van der Waals surface area contributed by atoms with E-state index in [0.717, 1.165) is 0 Å². The molecule has 0 N–H and O–H groups in total. The Hall–Kier alpha value is -0.820. The van der Waals surface area contributed by atoms with E-state index >= 15 is 0 Å². The summed E-state index contributed by atoms with van der Waals surface area (Å²) in [6, 6.07) is 9.46. The lowest BCUT2D eigenvalue weighted by atomic mass is 10.0. The molecule has 0 spiro atoms. The zero-order valence-electron chi connectivity index (χ0n) is 15.4. The highest BCUT2D eigenvalue weighted by Gasteiger charge is 2.08. The van der Waals surface area contributed by atoms with Gasteiger partial charge in [-0.2, -0.15) is 0 Å². The van der Waals surface area contributed by atoms with Gasteiger partial charge in [0, 0.05) is 6.54 Å². The van der Waals surface area contributed by atoms with Crippen molar-refractivity contribution in [3.63, 3.8) is 0 Å². The van der Waals surface area contributed by atoms with E-state index in [-0.39, 0.29) is 0 Å². The summed E-state index contributed by atoms with van der Waals surface area (Å²) in [6.45, 7) is 6.16. The second-order valence-corrected chi connectivity index (χ2v) is 7.34. The monoisotopic (exact) mass is 315 g/mol. The van der Waals surface area contributed by atoms with Gasteiger partial charge in [0.2, 0.25) is 0 Å². The van der Waals surface area contributed by atoms with Crippen LogP contribution in [0.15, 0.2) is 24.3 Å². The molecule has 1 aliphatic heterocycles. The fourth-order valence-corrected chi connectivity index (χ4v) is 3.63. The molecule has 0 amide bonds. The second kappa shape index (κ2) is 11.7. The van der Waals surface area contributed by atoms with Crippen molar-refractivity contribution in [3.8, 4) is 0 Å². The number of hydrogen-bond donors (Lipinski definition) is 0. The molecule has 1 saturated heterocycles. The average molecular weight is 316 g/mol. The highest BCUT2D eigenvalue weighted by atomic mass is 15.1. The minimum atomic E-state index is 1.22. The van der Waals surface area contributed by atoms with E-state index in [1.165, 1.54) is 108 Å². The number of hydrogen-bond acceptors (Lipinski definition) is 1. The third-order valence-electron chi connectivity index (χ3n) is 5.26. The van der Waals surface area contributed by atoms with Crippen molar-refractivity contribution < 1.29 is 0 Å². The molecule has 1 heteroatoms. The Bertz CT molecular complexity index is 387. The number of unbranched alkanes of at least 4 members (excludes halogenated alkanes) is 5. The van der Waals surface area contributed by atoms with Crippen LogP contribution in [0.2, 0.25) is 0 Å². The van der Waals surface area contributed by atoms with Gasteiger partial charge in [0.1, 0.15) is 0 Å². The molecular formula is C22H37N. The van der Waals surface area contributed by atoms with Crippen molar-refractivity contribution in [1.82, 2.24) is 4.90 Å². The smallest absolute Gasteiger partial charge is 0.00218 e. The molecule has 0 aliphatic carbocycles. The molecule has 0 aromatic heterocycles. The van der Waals surface area contributed by atoms with Crippen LogP contribution in [0.1, 0.15) is 82.3 Å². The summed E-state index contributed by atoms with van der Waals surface area (Å²) in [4.78, 5) is 2.66. The quantitative estimate of drug-likeness (QED) is 0.478. The predicted molar refractivity (Wildman–Crippen MR) is 102 cm³/mol. The van der Waals surface area contributed by atoms with Crippen LogP contribution in [0, 0.1) is 0 Å². The Morgan fingerprint density at radius 3 is 1.91 bits per heavy atom. The Balaban J connectivity index is 1.61. The molecule has 1 aliphatic rings. The first-order valence-corrected chi connectivity index (χ1v) is 10.2. The van der Waals surface area contributed by atoms with Crippen molar-refractivity contribution in [2.75, 3.05) is 19.6 Å². The lowest BCUT2D eigenvalue weighted by Crippen LogP contribution is -2.26. The molecule has 1 nitrogen and oxygen atoms in total. The molecule has 0 bridgehead atoms. The molecule has 1 aromatic rings. The zero-order valence-corrected chi connectivity index (χ0v) is 15.4. The van der Waals surface area contributed by atoms with Crippen LogP contribution in [0.3, 0.4) is 0 Å². The molecule has 0 unspecified atom stereocenters. The lowest BCUT2D eigenvalue weighted by molar-refractivity contribution is 0.289. The third kappa shape index (κ3) is 8.01. The number of nitrogens with zero attached hydrogens (tertiary/aromatic N) is 1. The van der Waals surface area contributed by atoms with E-state index in [1.54, 1.807) is 0 Å². The largest absolute Gasteiger partial charge is 0.303 e. The summed E-state index contributed by atoms with van der Waals surface area (Å²) in [5.74, 6) is 0. The van der Waals surface area contributed by atoms with Crippen LogP contribution in [0.4, 0.5) is 0 Å². The van der Waals surface area contributed by atoms with Gasteiger partial charge in [0.05, 0.1) is 0 Å². The normalized spacial score (nSPS) is 16.4. The van der Waals surface area contributed by atoms with Crippen LogP contribution >= 0.6 is 0 Å². The lowest BCUT2D eigenvalue weighted by Gasteiger charge is -2.19. The van der Waals surface area contributed by atoms with E-state index in [4.69, 9.17) is 0 Å². The van der Waals surface area contributed by atoms with E-state index in [1.807, 2.05) is 0 Å². The Morgan fingerprint density at radius 1 is 0.696 bits per heavy atom. The Labute approximate surface area is 144 Å². The van der Waals surface area contributed by atoms with Gasteiger partial charge < -0.3 is 4.90 Å². The standard InChI is InChI=1S/C22H37N/c1-2-3-4-5-6-9-12-21-13-15-22(16-14-21)17-20-23-18-10-7-8-11-19-23/h13-16H,2-12,17-20H2,1H3. The average Bonchev–Trinajstić information content (AvgIpc) is 2.86. The fourth-order valence-electron chi connectivity index (χ4n) is 3.63. The van der Waals surface area contributed by atoms with E-state index in [0.29, 0.717) is 0 Å². The van der Waals surface area contributed by atoms with Crippen molar-refractivity contribution in [2.45, 2.75) is 84.0 Å². The molecule has 2 rings (SSSR count). The number of rotatable bonds is 10. The first kappa shape index (κ1) is 18.5. The highest BCUT2D eigenvalue weighted by Crippen LogP contribution is 2.13. The molecule has 130 valence electrons. The highest BCUT2D eigenvalue weighted by molar-refractivity contribution is 5.22. The van der Waals surface area contributed by atoms with Crippen LogP contribution in [0.5, 0.6) is 0 Å². The molecule has 1 heterocycles. The summed E-state index contributed by atoms with van der Waals surface area (Å²) in [5, 5.41) is 0. The molecule has 23 heavy (non-hydrogen) atoms. The Kier molecular flexibility index (Phi) is 9.40. The van der Waals surface area contributed by atoms with Crippen molar-refractivity contribution in [2.24, 2.45) is 0 Å². The van der Waals surface area contributed by atoms with E-state index < -0.39 is 0 Å². The van der Waals surface area contributed by atoms with Gasteiger partial charge in [-0.15, -0.1) is 0 Å². The van der Waals surface area contributed by atoms with Gasteiger partial charge >= 0.3 is 0 Å². The zero-order chi connectivity index (χ0) is 16.2. The summed E-state index contributed by atoms with van der Waals surface area (Å²) in [6.07, 6.45) is 16.5. The van der Waals surface area contributed by atoms with Gasteiger partial charge in [-0.3, -0.25) is 0 Å². The first-order valence-electron chi connectivity index (χ1n) is 10.2. The number of likely N-dealkylation sites (tertiary alicyclic amines) is 1. The molecule has 1 fully saturated rings. The SMILES string of the molecule is CCCCCCCCc1ccc(CCN2CCCCCC2)cc1. The van der Waals surface area contributed by atoms with Gasteiger partial charge in [0.25, 0.3) is 0 Å². The van der Waals surface area contributed by atoms with Gasteiger partial charge in [-0.25, -0.2) is 0 Å². The predicted octanol–water partition coefficient (Wildman–Crippen LogP) is 6.01. The summed E-state index contributed by atoms with van der Waals surface area (Å²) in [5.41, 5.74) is 3.04. The first-order chi connectivity index (χ1) is 11.4. The molecule has 0 saturated carbocycles. The van der Waals surface area contributed by atoms with E-state index in [9.17, 15) is 0 Å². The topological polar surface area (TPSA) is 3.24 Å².